The van der Waals surface area contributed by atoms with E-state index in [1.807, 2.05) is 0 Å². The second kappa shape index (κ2) is 10.4. The van der Waals surface area contributed by atoms with Crippen LogP contribution in [0.5, 0.6) is 11.6 Å². The molecule has 2 aliphatic heterocycles. The number of hydrogen-bond acceptors (Lipinski definition) is 9. The normalized spacial score (nSPS) is 18.5. The second-order valence-corrected chi connectivity index (χ2v) is 9.29. The topological polar surface area (TPSA) is 121 Å². The van der Waals surface area contributed by atoms with Crippen LogP contribution in [-0.2, 0) is 16.9 Å². The van der Waals surface area contributed by atoms with Crippen molar-refractivity contribution in [2.24, 2.45) is 4.99 Å². The molecule has 2 aliphatic rings. The summed E-state index contributed by atoms with van der Waals surface area (Å²) >= 11 is 6.27. The Balaban J connectivity index is 1.62. The summed E-state index contributed by atoms with van der Waals surface area (Å²) in [5.41, 5.74) is -3.90. The van der Waals surface area contributed by atoms with Crippen molar-refractivity contribution in [2.45, 2.75) is 32.1 Å². The lowest BCUT2D eigenvalue weighted by Crippen LogP contribution is -2.37. The van der Waals surface area contributed by atoms with Crippen LogP contribution in [0.2, 0.25) is 5.02 Å². The molecule has 3 aromatic rings. The van der Waals surface area contributed by atoms with Gasteiger partial charge in [-0.05, 0) is 19.9 Å². The van der Waals surface area contributed by atoms with E-state index >= 15 is 4.39 Å². The number of nitrogens with zero attached hydrogens (tertiary/aromatic N) is 5. The molecule has 0 spiro atoms. The van der Waals surface area contributed by atoms with E-state index in [9.17, 15) is 18.7 Å². The van der Waals surface area contributed by atoms with Crippen molar-refractivity contribution in [1.82, 2.24) is 19.5 Å². The molecule has 0 saturated heterocycles. The standard InChI is InChI=1S/C25H21ClF3N5O5/c1-25(2,36)24-30-4-3-14(33-24)21-20(29)22-17(10-32-21)37-5-6-38-18-8-16(19(26)23(35)34(18)22)39-11-15-13(28)7-12(27)9-31-15/h3-4,7-9,17,36H,5-6,10-11H2,1-2H3/t17-/m0/s1/i11D2. The number of halogens is 4. The summed E-state index contributed by atoms with van der Waals surface area (Å²) in [7, 11) is 0. The van der Waals surface area contributed by atoms with E-state index < -0.39 is 57.8 Å². The first kappa shape index (κ1) is 24.2. The molecule has 204 valence electrons. The number of hydrogen-bond donors (Lipinski definition) is 1. The summed E-state index contributed by atoms with van der Waals surface area (Å²) in [5.74, 6) is -4.19. The van der Waals surface area contributed by atoms with Gasteiger partial charge in [-0.15, -0.1) is 0 Å². The lowest BCUT2D eigenvalue weighted by molar-refractivity contribution is 0.0553. The Kier molecular flexibility index (Phi) is 6.46. The summed E-state index contributed by atoms with van der Waals surface area (Å²) in [5, 5.41) is 9.59. The summed E-state index contributed by atoms with van der Waals surface area (Å²) in [6.07, 6.45) is 0.883. The average Bonchev–Trinajstić information content (AvgIpc) is 2.88. The first-order valence-corrected chi connectivity index (χ1v) is 11.9. The van der Waals surface area contributed by atoms with Gasteiger partial charge in [0.2, 0.25) is 5.88 Å². The average molecular weight is 566 g/mol. The number of fused-ring (bicyclic) bond motifs is 3. The molecule has 1 N–H and O–H groups in total. The lowest BCUT2D eigenvalue weighted by atomic mass is 10.1. The van der Waals surface area contributed by atoms with Crippen LogP contribution in [0.25, 0.3) is 5.70 Å². The van der Waals surface area contributed by atoms with Crippen molar-refractivity contribution in [3.63, 3.8) is 0 Å². The zero-order valence-corrected chi connectivity index (χ0v) is 21.2. The molecule has 14 heteroatoms. The Labute approximate surface area is 227 Å². The number of rotatable bonds is 5. The fourth-order valence-corrected chi connectivity index (χ4v) is 4.00. The number of pyridine rings is 2. The molecule has 0 saturated carbocycles. The largest absolute Gasteiger partial charge is 0.485 e. The molecule has 0 aromatic carbocycles. The molecule has 1 atom stereocenters. The molecule has 0 aliphatic carbocycles. The fraction of sp³-hybridized carbons (Fsp3) is 0.320. The van der Waals surface area contributed by atoms with Gasteiger partial charge in [-0.3, -0.25) is 14.8 Å². The molecular formula is C25H21ClF3N5O5. The van der Waals surface area contributed by atoms with Gasteiger partial charge in [0.15, 0.2) is 17.5 Å². The van der Waals surface area contributed by atoms with Crippen molar-refractivity contribution < 1.29 is 35.2 Å². The first-order chi connectivity index (χ1) is 19.3. The zero-order valence-electron chi connectivity index (χ0n) is 22.4. The lowest BCUT2D eigenvalue weighted by Gasteiger charge is -2.30. The van der Waals surface area contributed by atoms with Gasteiger partial charge in [0.05, 0.1) is 33.5 Å². The fourth-order valence-electron chi connectivity index (χ4n) is 3.83. The SMILES string of the molecule is [2H]C([2H])(Oc1cc2n(c(=O)c1Cl)C1=C(F)C(c3ccnc(C(C)(C)O)n3)=NC[C@@H]1OCCO2)c1ncc(F)cc1F. The van der Waals surface area contributed by atoms with E-state index in [1.54, 1.807) is 0 Å². The van der Waals surface area contributed by atoms with Crippen LogP contribution in [0.4, 0.5) is 13.2 Å². The van der Waals surface area contributed by atoms with Gasteiger partial charge in [-0.25, -0.2) is 27.7 Å². The van der Waals surface area contributed by atoms with Crippen LogP contribution >= 0.6 is 11.6 Å². The first-order valence-electron chi connectivity index (χ1n) is 12.5. The molecule has 0 amide bonds. The maximum absolute atomic E-state index is 16.2. The molecule has 3 aromatic heterocycles. The van der Waals surface area contributed by atoms with Crippen LogP contribution in [0.1, 0.15) is 33.8 Å². The highest BCUT2D eigenvalue weighted by Gasteiger charge is 2.35. The van der Waals surface area contributed by atoms with Gasteiger partial charge in [0.1, 0.15) is 52.9 Å². The molecule has 0 unspecified atom stereocenters. The zero-order chi connectivity index (χ0) is 29.7. The van der Waals surface area contributed by atoms with Crippen LogP contribution < -0.4 is 15.0 Å². The number of aliphatic imine (C=N–C) groups is 1. The smallest absolute Gasteiger partial charge is 0.280 e. The van der Waals surface area contributed by atoms with Gasteiger partial charge in [-0.2, -0.15) is 0 Å². The van der Waals surface area contributed by atoms with Gasteiger partial charge in [0.25, 0.3) is 5.56 Å². The highest BCUT2D eigenvalue weighted by Crippen LogP contribution is 2.35. The van der Waals surface area contributed by atoms with Gasteiger partial charge < -0.3 is 19.3 Å². The molecule has 10 nitrogen and oxygen atoms in total. The summed E-state index contributed by atoms with van der Waals surface area (Å²) in [6, 6.07) is 2.84. The van der Waals surface area contributed by atoms with E-state index in [4.69, 9.17) is 28.6 Å². The Bertz CT molecular complexity index is 1660. The summed E-state index contributed by atoms with van der Waals surface area (Å²) < 4.78 is 77.4. The second-order valence-electron chi connectivity index (χ2n) is 8.91. The van der Waals surface area contributed by atoms with Crippen molar-refractivity contribution >= 4 is 23.0 Å². The Morgan fingerprint density at radius 1 is 1.28 bits per heavy atom. The van der Waals surface area contributed by atoms with E-state index in [0.717, 1.165) is 10.6 Å². The number of dihydropyridines is 1. The van der Waals surface area contributed by atoms with E-state index in [1.165, 1.54) is 26.1 Å². The molecular weight excluding hydrogens is 543 g/mol. The van der Waals surface area contributed by atoms with E-state index in [2.05, 4.69) is 19.9 Å². The predicted octanol–water partition coefficient (Wildman–Crippen LogP) is 3.19. The van der Waals surface area contributed by atoms with E-state index in [0.29, 0.717) is 12.3 Å². The number of aromatic nitrogens is 4. The number of aliphatic hydroxyl groups is 1. The van der Waals surface area contributed by atoms with E-state index in [-0.39, 0.29) is 48.6 Å². The van der Waals surface area contributed by atoms with Crippen LogP contribution in [0.15, 0.2) is 46.2 Å². The summed E-state index contributed by atoms with van der Waals surface area (Å²) in [4.78, 5) is 29.4. The number of allylic oxidation sites excluding steroid dienone is 1. The van der Waals surface area contributed by atoms with Gasteiger partial charge >= 0.3 is 0 Å². The number of ether oxygens (including phenoxy) is 3. The predicted molar refractivity (Wildman–Crippen MR) is 132 cm³/mol. The quantitative estimate of drug-likeness (QED) is 0.501. The minimum Gasteiger partial charge on any atom is -0.485 e. The van der Waals surface area contributed by atoms with Crippen LogP contribution in [0, 0.1) is 11.6 Å². The third-order valence-electron chi connectivity index (χ3n) is 5.64. The van der Waals surface area contributed by atoms with Crippen molar-refractivity contribution in [2.75, 3.05) is 19.8 Å². The third kappa shape index (κ3) is 5.24. The highest BCUT2D eigenvalue weighted by molar-refractivity contribution is 6.32. The van der Waals surface area contributed by atoms with Gasteiger partial charge in [-0.1, -0.05) is 11.6 Å². The molecule has 0 bridgehead atoms. The van der Waals surface area contributed by atoms with Crippen molar-refractivity contribution in [1.29, 1.82) is 0 Å². The maximum atomic E-state index is 16.2. The maximum Gasteiger partial charge on any atom is 0.280 e. The van der Waals surface area contributed by atoms with Crippen molar-refractivity contribution in [3.8, 4) is 11.6 Å². The molecule has 0 radical (unpaired) electrons. The Hall–Kier alpha value is -3.81. The van der Waals surface area contributed by atoms with Gasteiger partial charge in [0, 0.05) is 18.3 Å². The Morgan fingerprint density at radius 2 is 2.08 bits per heavy atom. The molecule has 5 rings (SSSR count). The van der Waals surface area contributed by atoms with Crippen LogP contribution in [-0.4, -0.2) is 56.2 Å². The monoisotopic (exact) mass is 565 g/mol. The third-order valence-corrected chi connectivity index (χ3v) is 5.99. The molecule has 0 fully saturated rings. The van der Waals surface area contributed by atoms with Crippen molar-refractivity contribution in [3.05, 3.63) is 80.6 Å². The molecule has 5 heterocycles. The molecule has 39 heavy (non-hydrogen) atoms. The Morgan fingerprint density at radius 3 is 2.82 bits per heavy atom. The highest BCUT2D eigenvalue weighted by atomic mass is 35.5. The van der Waals surface area contributed by atoms with Crippen LogP contribution in [0.3, 0.4) is 0 Å². The minimum atomic E-state index is -3.00. The minimum absolute atomic E-state index is 0.0126. The summed E-state index contributed by atoms with van der Waals surface area (Å²) in [6.45, 7) is -0.314.